The molecule has 0 amide bonds. The van der Waals surface area contributed by atoms with Crippen molar-refractivity contribution in [3.05, 3.63) is 48.6 Å². The number of halogens is 1. The van der Waals surface area contributed by atoms with Crippen molar-refractivity contribution < 1.29 is 21.7 Å². The molecule has 0 N–H and O–H groups in total. The minimum Gasteiger partial charge on any atom is -0.273 e. The average molecular weight is 215 g/mol. The van der Waals surface area contributed by atoms with Crippen LogP contribution in [0, 0.1) is 12.2 Å². The van der Waals surface area contributed by atoms with Crippen molar-refractivity contribution in [2.45, 2.75) is 12.8 Å². The van der Waals surface area contributed by atoms with Crippen molar-refractivity contribution in [1.82, 2.24) is 0 Å². The molecule has 0 aliphatic heterocycles. The van der Waals surface area contributed by atoms with Crippen LogP contribution in [0.4, 0.5) is 0 Å². The zero-order valence-electron chi connectivity index (χ0n) is 6.79. The van der Waals surface area contributed by atoms with E-state index in [1.54, 1.807) is 0 Å². The Labute approximate surface area is 95.4 Å². The van der Waals surface area contributed by atoms with Crippen molar-refractivity contribution in [1.29, 1.82) is 0 Å². The van der Waals surface area contributed by atoms with Gasteiger partial charge in [-0.05, 0) is 0 Å². The van der Waals surface area contributed by atoms with Gasteiger partial charge in [0.25, 0.3) is 0 Å². The van der Waals surface area contributed by atoms with Gasteiger partial charge in [-0.15, -0.1) is 25.2 Å². The first kappa shape index (κ1) is 14.5. The zero-order valence-corrected chi connectivity index (χ0v) is 9.16. The molecule has 0 aromatic rings. The zero-order chi connectivity index (χ0) is 7.07. The molecule has 0 spiro atoms. The van der Waals surface area contributed by atoms with Gasteiger partial charge in [0.2, 0.25) is 0 Å². The predicted octanol–water partition coefficient (Wildman–Crippen LogP) is 3.03. The molecule has 0 atom stereocenters. The van der Waals surface area contributed by atoms with Crippen LogP contribution < -0.4 is 0 Å². The third-order valence-corrected chi connectivity index (χ3v) is 1.17. The minimum atomic E-state index is 0. The Hall–Kier alpha value is -0.0357. The molecule has 0 saturated carbocycles. The molecule has 0 radical (unpaired) electrons. The third kappa shape index (κ3) is 8.06. The van der Waals surface area contributed by atoms with Gasteiger partial charge in [0, 0.05) is 0 Å². The summed E-state index contributed by atoms with van der Waals surface area (Å²) in [7, 11) is 0. The molecule has 2 aliphatic rings. The average Bonchev–Trinajstić information content (AvgIpc) is 2.67. The number of hydrogen-bond acceptors (Lipinski definition) is 0. The summed E-state index contributed by atoms with van der Waals surface area (Å²) in [5, 5.41) is 0. The van der Waals surface area contributed by atoms with Crippen LogP contribution in [0.2, 0.25) is 0 Å². The molecule has 0 nitrogen and oxygen atoms in total. The SMILES string of the molecule is Cl.[C-]1=CC=CC1.[C-]1=CC=CC1.[Ti+2]. The fourth-order valence-electron chi connectivity index (χ4n) is 0.680. The van der Waals surface area contributed by atoms with E-state index in [9.17, 15) is 0 Å². The second kappa shape index (κ2) is 11.0. The van der Waals surface area contributed by atoms with E-state index in [0.29, 0.717) is 0 Å². The van der Waals surface area contributed by atoms with Crippen LogP contribution in [0.3, 0.4) is 0 Å². The predicted molar refractivity (Wildman–Crippen MR) is 50.4 cm³/mol. The summed E-state index contributed by atoms with van der Waals surface area (Å²) in [6, 6.07) is 0. The van der Waals surface area contributed by atoms with Gasteiger partial charge in [-0.25, -0.2) is 24.3 Å². The van der Waals surface area contributed by atoms with E-state index in [4.69, 9.17) is 0 Å². The monoisotopic (exact) mass is 214 g/mol. The minimum absolute atomic E-state index is 0. The quantitative estimate of drug-likeness (QED) is 0.429. The smallest absolute Gasteiger partial charge is 0.273 e. The van der Waals surface area contributed by atoms with Crippen LogP contribution in [0.1, 0.15) is 12.8 Å². The maximum atomic E-state index is 2.99. The number of hydrogen-bond donors (Lipinski definition) is 0. The summed E-state index contributed by atoms with van der Waals surface area (Å²) >= 11 is 0. The molecule has 62 valence electrons. The van der Waals surface area contributed by atoms with E-state index < -0.39 is 0 Å². The van der Waals surface area contributed by atoms with Crippen LogP contribution in [0.5, 0.6) is 0 Å². The standard InChI is InChI=1S/2C5H5.ClH.Ti/c2*1-2-4-5-3-1;;/h2*1-3H,4H2;1H;/q2*-1;;+2. The van der Waals surface area contributed by atoms with Crippen LogP contribution in [0.25, 0.3) is 0 Å². The van der Waals surface area contributed by atoms with Crippen molar-refractivity contribution in [3.8, 4) is 0 Å². The summed E-state index contributed by atoms with van der Waals surface area (Å²) in [4.78, 5) is 0. The van der Waals surface area contributed by atoms with E-state index in [2.05, 4.69) is 24.3 Å². The molecule has 0 heterocycles. The Morgan fingerprint density at radius 2 is 1.25 bits per heavy atom. The molecular weight excluding hydrogens is 203 g/mol. The molecule has 2 rings (SSSR count). The Morgan fingerprint density at radius 3 is 1.33 bits per heavy atom. The summed E-state index contributed by atoms with van der Waals surface area (Å²) in [5.74, 6) is 0. The number of allylic oxidation sites excluding steroid dienone is 8. The van der Waals surface area contributed by atoms with Crippen molar-refractivity contribution >= 4 is 12.4 Å². The van der Waals surface area contributed by atoms with E-state index >= 15 is 0 Å². The molecule has 0 aromatic carbocycles. The van der Waals surface area contributed by atoms with E-state index in [0.717, 1.165) is 12.8 Å². The fraction of sp³-hybridized carbons (Fsp3) is 0.200. The van der Waals surface area contributed by atoms with Gasteiger partial charge in [-0.3, -0.25) is 12.2 Å². The van der Waals surface area contributed by atoms with Crippen LogP contribution in [-0.4, -0.2) is 0 Å². The first-order valence-electron chi connectivity index (χ1n) is 3.43. The Bertz CT molecular complexity index is 148. The van der Waals surface area contributed by atoms with Gasteiger partial charge in [-0.2, -0.15) is 12.2 Å². The van der Waals surface area contributed by atoms with E-state index in [1.165, 1.54) is 0 Å². The van der Waals surface area contributed by atoms with Gasteiger partial charge in [-0.1, -0.05) is 0 Å². The summed E-state index contributed by atoms with van der Waals surface area (Å²) < 4.78 is 0. The number of rotatable bonds is 0. The molecule has 2 heteroatoms. The van der Waals surface area contributed by atoms with Crippen molar-refractivity contribution in [2.24, 2.45) is 0 Å². The van der Waals surface area contributed by atoms with Gasteiger partial charge >= 0.3 is 21.7 Å². The Balaban J connectivity index is 0. The van der Waals surface area contributed by atoms with Crippen LogP contribution >= 0.6 is 12.4 Å². The Morgan fingerprint density at radius 1 is 0.833 bits per heavy atom. The van der Waals surface area contributed by atoms with E-state index in [-0.39, 0.29) is 34.1 Å². The molecule has 0 saturated heterocycles. The van der Waals surface area contributed by atoms with Crippen molar-refractivity contribution in [2.75, 3.05) is 0 Å². The Kier molecular flexibility index (Phi) is 13.2. The first-order valence-corrected chi connectivity index (χ1v) is 3.43. The molecule has 12 heavy (non-hydrogen) atoms. The molecule has 2 aliphatic carbocycles. The topological polar surface area (TPSA) is 0 Å². The van der Waals surface area contributed by atoms with E-state index in [1.807, 2.05) is 24.3 Å². The molecular formula is C10H11ClTi. The molecule has 0 bridgehead atoms. The molecule has 0 unspecified atom stereocenters. The molecule has 0 fully saturated rings. The van der Waals surface area contributed by atoms with Gasteiger partial charge in [0.15, 0.2) is 0 Å². The van der Waals surface area contributed by atoms with Crippen molar-refractivity contribution in [3.63, 3.8) is 0 Å². The molecule has 0 aromatic heterocycles. The third-order valence-electron chi connectivity index (χ3n) is 1.17. The first-order chi connectivity index (χ1) is 5.00. The largest absolute Gasteiger partial charge is 2.00 e. The normalized spacial score (nSPS) is 14.7. The maximum absolute atomic E-state index is 2.99. The summed E-state index contributed by atoms with van der Waals surface area (Å²) in [6.07, 6.45) is 20.0. The van der Waals surface area contributed by atoms with Crippen LogP contribution in [0.15, 0.2) is 36.5 Å². The second-order valence-corrected chi connectivity index (χ2v) is 2.01. The second-order valence-electron chi connectivity index (χ2n) is 2.01. The van der Waals surface area contributed by atoms with Crippen LogP contribution in [-0.2, 0) is 21.7 Å². The summed E-state index contributed by atoms with van der Waals surface area (Å²) in [6.45, 7) is 0. The van der Waals surface area contributed by atoms with Gasteiger partial charge < -0.3 is 0 Å². The summed E-state index contributed by atoms with van der Waals surface area (Å²) in [5.41, 5.74) is 0. The van der Waals surface area contributed by atoms with Gasteiger partial charge in [0.1, 0.15) is 0 Å². The fourth-order valence-corrected chi connectivity index (χ4v) is 0.680. The van der Waals surface area contributed by atoms with Gasteiger partial charge in [0.05, 0.1) is 0 Å². The maximum Gasteiger partial charge on any atom is 2.00 e.